The molecule has 14 nitrogen and oxygen atoms in total. The number of carboxylic acids is 2. The van der Waals surface area contributed by atoms with Gasteiger partial charge in [0, 0.05) is 42.8 Å². The Bertz CT molecular complexity index is 1980. The van der Waals surface area contributed by atoms with Crippen LogP contribution in [0.2, 0.25) is 5.02 Å². The molecule has 3 amide bonds. The first-order chi connectivity index (χ1) is 25.9. The van der Waals surface area contributed by atoms with Gasteiger partial charge in [-0.25, -0.2) is 19.4 Å². The van der Waals surface area contributed by atoms with Crippen LogP contribution < -0.4 is 21.3 Å². The second kappa shape index (κ2) is 18.2. The van der Waals surface area contributed by atoms with Gasteiger partial charge in [-0.2, -0.15) is 31.3 Å². The number of pyridine rings is 1. The molecule has 0 spiro atoms. The van der Waals surface area contributed by atoms with Crippen LogP contribution in [0.5, 0.6) is 0 Å². The Kier molecular flexibility index (Phi) is 13.8. The van der Waals surface area contributed by atoms with E-state index in [1.165, 1.54) is 0 Å². The lowest BCUT2D eigenvalue weighted by Crippen LogP contribution is -2.33. The standard InChI is InChI=1S/C30H29ClN8O2.2C2HF3O2/c31-25-17-33-29-35-24-12-19(15-32-16-24)6-7-21-14-23(34-28(25)38-29)8-9-26(21)37-27(40)13-20-10-11-39(18-20)30(41)36-22-4-2-1-3-5-22;2*3-2(4,5)1(6)7/h1-5,8-9,12,14-17,20H,6-7,10-11,13,18H2,(H,36,41)(H,37,40)(H2,33,34,35,38);2*(H,6,7)/t20-;;/m1../s1. The highest BCUT2D eigenvalue weighted by Crippen LogP contribution is 2.30. The molecule has 4 heterocycles. The molecule has 0 aliphatic carbocycles. The number of likely N-dealkylation sites (tertiary alicyclic amines) is 1. The maximum Gasteiger partial charge on any atom is 0.490 e. The number of hydrogen-bond donors (Lipinski definition) is 6. The first kappa shape index (κ1) is 41.6. The molecule has 0 radical (unpaired) electrons. The summed E-state index contributed by atoms with van der Waals surface area (Å²) in [4.78, 5) is 58.5. The zero-order valence-electron chi connectivity index (χ0n) is 28.2. The van der Waals surface area contributed by atoms with Crippen molar-refractivity contribution in [3.8, 4) is 0 Å². The van der Waals surface area contributed by atoms with E-state index in [9.17, 15) is 35.9 Å². The van der Waals surface area contributed by atoms with E-state index in [4.69, 9.17) is 31.4 Å². The van der Waals surface area contributed by atoms with Gasteiger partial charge in [0.25, 0.3) is 0 Å². The Morgan fingerprint density at radius 2 is 1.53 bits per heavy atom. The van der Waals surface area contributed by atoms with E-state index in [-0.39, 0.29) is 17.9 Å². The van der Waals surface area contributed by atoms with Crippen molar-refractivity contribution in [3.05, 3.63) is 89.3 Å². The van der Waals surface area contributed by atoms with E-state index < -0.39 is 24.3 Å². The number of para-hydroxylation sites is 1. The number of rotatable bonds is 4. The van der Waals surface area contributed by atoms with Crippen LogP contribution in [0.25, 0.3) is 0 Å². The van der Waals surface area contributed by atoms with Crippen molar-refractivity contribution in [1.82, 2.24) is 19.9 Å². The Morgan fingerprint density at radius 1 is 0.855 bits per heavy atom. The fourth-order valence-electron chi connectivity index (χ4n) is 5.12. The number of aryl methyl sites for hydroxylation is 2. The van der Waals surface area contributed by atoms with Crippen molar-refractivity contribution >= 4 is 70.0 Å². The highest BCUT2D eigenvalue weighted by molar-refractivity contribution is 6.32. The number of halogens is 7. The van der Waals surface area contributed by atoms with Crippen LogP contribution in [0.15, 0.2) is 73.2 Å². The summed E-state index contributed by atoms with van der Waals surface area (Å²) in [6.07, 6.45) is -2.54. The molecule has 1 saturated heterocycles. The molecular formula is C34H31ClF6N8O6. The zero-order valence-corrected chi connectivity index (χ0v) is 29.0. The third-order valence-corrected chi connectivity index (χ3v) is 7.95. The zero-order chi connectivity index (χ0) is 40.3. The number of anilines is 6. The summed E-state index contributed by atoms with van der Waals surface area (Å²) in [5.41, 5.74) is 5.10. The summed E-state index contributed by atoms with van der Waals surface area (Å²) in [5, 5.41) is 27.1. The topological polar surface area (TPSA) is 199 Å². The molecule has 21 heteroatoms. The fraction of sp³-hybridized carbons (Fsp3) is 0.265. The number of fused-ring (bicyclic) bond motifs is 6. The molecule has 2 aromatic carbocycles. The summed E-state index contributed by atoms with van der Waals surface area (Å²) in [6, 6.07) is 17.0. The SMILES string of the molecule is O=C(C[C@H]1CCN(C(=O)Nc2ccccc2)C1)Nc1ccc2cc1CCc1cncc(c1)Nc1ncc(Cl)c(n1)N2.O=C(O)C(F)(F)F.O=C(O)C(F)(F)F. The number of carbonyl (C=O) groups is 4. The maximum absolute atomic E-state index is 13.1. The minimum Gasteiger partial charge on any atom is -0.475 e. The second-order valence-corrected chi connectivity index (χ2v) is 12.3. The minimum atomic E-state index is -5.08. The van der Waals surface area contributed by atoms with Crippen molar-refractivity contribution in [2.45, 2.75) is 38.0 Å². The number of urea groups is 1. The van der Waals surface area contributed by atoms with Gasteiger partial charge in [-0.1, -0.05) is 29.8 Å². The smallest absolute Gasteiger partial charge is 0.475 e. The predicted octanol–water partition coefficient (Wildman–Crippen LogP) is 7.26. The average molecular weight is 797 g/mol. The highest BCUT2D eigenvalue weighted by Gasteiger charge is 2.39. The minimum absolute atomic E-state index is 0.0726. The predicted molar refractivity (Wildman–Crippen MR) is 187 cm³/mol. The Hall–Kier alpha value is -6.18. The van der Waals surface area contributed by atoms with Crippen LogP contribution in [-0.2, 0) is 27.2 Å². The number of carboxylic acid groups (broad SMARTS) is 2. The van der Waals surface area contributed by atoms with E-state index in [2.05, 4.69) is 36.2 Å². The van der Waals surface area contributed by atoms with Crippen LogP contribution in [0.4, 0.5) is 65.7 Å². The lowest BCUT2D eigenvalue weighted by molar-refractivity contribution is -0.193. The molecule has 292 valence electrons. The van der Waals surface area contributed by atoms with E-state index in [1.54, 1.807) is 17.3 Å². The number of aromatic nitrogens is 3. The number of carbonyl (C=O) groups excluding carboxylic acids is 2. The van der Waals surface area contributed by atoms with Gasteiger partial charge in [0.05, 0.1) is 18.1 Å². The maximum atomic E-state index is 13.1. The van der Waals surface area contributed by atoms with Crippen molar-refractivity contribution in [1.29, 1.82) is 0 Å². The van der Waals surface area contributed by atoms with Crippen molar-refractivity contribution in [3.63, 3.8) is 0 Å². The number of nitrogens with zero attached hydrogens (tertiary/aromatic N) is 4. The van der Waals surface area contributed by atoms with Gasteiger partial charge in [-0.05, 0) is 72.7 Å². The molecule has 1 fully saturated rings. The number of alkyl halides is 6. The number of nitrogens with one attached hydrogen (secondary N) is 4. The summed E-state index contributed by atoms with van der Waals surface area (Å²) < 4.78 is 63.5. The fourth-order valence-corrected chi connectivity index (χ4v) is 5.26. The summed E-state index contributed by atoms with van der Waals surface area (Å²) in [7, 11) is 0. The number of hydrogen-bond acceptors (Lipinski definition) is 9. The van der Waals surface area contributed by atoms with Gasteiger partial charge in [-0.15, -0.1) is 0 Å². The summed E-state index contributed by atoms with van der Waals surface area (Å²) >= 11 is 6.37. The molecule has 6 N–H and O–H groups in total. The molecule has 0 saturated carbocycles. The van der Waals surface area contributed by atoms with Crippen LogP contribution in [0.3, 0.4) is 0 Å². The van der Waals surface area contributed by atoms with Gasteiger partial charge in [0.1, 0.15) is 5.02 Å². The van der Waals surface area contributed by atoms with E-state index in [0.29, 0.717) is 42.7 Å². The molecular weight excluding hydrogens is 766 g/mol. The van der Waals surface area contributed by atoms with Crippen molar-refractivity contribution < 1.29 is 55.7 Å². The molecule has 2 aliphatic rings. The molecule has 6 bridgehead atoms. The van der Waals surface area contributed by atoms with Crippen LogP contribution in [0.1, 0.15) is 24.0 Å². The quantitative estimate of drug-likeness (QED) is 0.114. The Labute approximate surface area is 312 Å². The van der Waals surface area contributed by atoms with Crippen molar-refractivity contribution in [2.75, 3.05) is 34.4 Å². The van der Waals surface area contributed by atoms with Gasteiger partial charge in [0.2, 0.25) is 11.9 Å². The third kappa shape index (κ3) is 13.0. The van der Waals surface area contributed by atoms with E-state index in [1.807, 2.05) is 60.8 Å². The average Bonchev–Trinajstić information content (AvgIpc) is 3.58. The Balaban J connectivity index is 0.000000410. The van der Waals surface area contributed by atoms with Crippen LogP contribution in [0, 0.1) is 5.92 Å². The Morgan fingerprint density at radius 3 is 2.18 bits per heavy atom. The first-order valence-electron chi connectivity index (χ1n) is 16.0. The van der Waals surface area contributed by atoms with Gasteiger partial charge in [-0.3, -0.25) is 9.78 Å². The number of amides is 3. The molecule has 2 aromatic heterocycles. The molecule has 6 rings (SSSR count). The molecule has 0 unspecified atom stereocenters. The molecule has 2 aliphatic heterocycles. The molecule has 55 heavy (non-hydrogen) atoms. The lowest BCUT2D eigenvalue weighted by Gasteiger charge is -2.18. The molecule has 1 atom stereocenters. The van der Waals surface area contributed by atoms with E-state index >= 15 is 0 Å². The summed E-state index contributed by atoms with van der Waals surface area (Å²) in [6.45, 7) is 1.17. The number of benzene rings is 2. The molecule has 4 aromatic rings. The second-order valence-electron chi connectivity index (χ2n) is 11.8. The van der Waals surface area contributed by atoms with Gasteiger partial charge >= 0.3 is 30.3 Å². The third-order valence-electron chi connectivity index (χ3n) is 7.68. The lowest BCUT2D eigenvalue weighted by atomic mass is 10.0. The highest BCUT2D eigenvalue weighted by atomic mass is 35.5. The van der Waals surface area contributed by atoms with Crippen molar-refractivity contribution in [2.24, 2.45) is 5.92 Å². The first-order valence-corrected chi connectivity index (χ1v) is 16.4. The summed E-state index contributed by atoms with van der Waals surface area (Å²) in [5.74, 6) is -4.62. The van der Waals surface area contributed by atoms with Crippen LogP contribution in [-0.4, -0.2) is 79.4 Å². The van der Waals surface area contributed by atoms with Gasteiger partial charge < -0.3 is 36.4 Å². The van der Waals surface area contributed by atoms with Gasteiger partial charge in [0.15, 0.2) is 5.82 Å². The van der Waals surface area contributed by atoms with Crippen LogP contribution >= 0.6 is 11.6 Å². The normalized spacial score (nSPS) is 14.7. The monoisotopic (exact) mass is 796 g/mol. The van der Waals surface area contributed by atoms with E-state index in [0.717, 1.165) is 46.7 Å². The largest absolute Gasteiger partial charge is 0.490 e. The number of aliphatic carboxylic acids is 2.